The molecule has 1 saturated carbocycles. The third-order valence-corrected chi connectivity index (χ3v) is 6.66. The first-order valence-corrected chi connectivity index (χ1v) is 12.4. The van der Waals surface area contributed by atoms with Gasteiger partial charge in [-0.05, 0) is 44.0 Å². The molecule has 0 spiro atoms. The second kappa shape index (κ2) is 11.0. The van der Waals surface area contributed by atoms with E-state index in [4.69, 9.17) is 9.72 Å². The molecular formula is C25H25BrN4O6. The zero-order valence-corrected chi connectivity index (χ0v) is 21.4. The smallest absolute Gasteiger partial charge is 0.346 e. The number of nitro groups is 1. The number of esters is 1. The maximum absolute atomic E-state index is 13.5. The first kappa shape index (κ1) is 25.5. The van der Waals surface area contributed by atoms with E-state index < -0.39 is 17.0 Å². The molecule has 0 aliphatic heterocycles. The molecule has 2 aromatic carbocycles. The molecule has 0 saturated heterocycles. The Hall–Kier alpha value is -3.60. The van der Waals surface area contributed by atoms with Gasteiger partial charge in [-0.3, -0.25) is 14.9 Å². The summed E-state index contributed by atoms with van der Waals surface area (Å²) in [6, 6.07) is 9.64. The first-order chi connectivity index (χ1) is 17.3. The molecule has 1 aromatic heterocycles. The van der Waals surface area contributed by atoms with Crippen LogP contribution < -0.4 is 10.3 Å². The Bertz CT molecular complexity index is 1400. The van der Waals surface area contributed by atoms with Crippen LogP contribution >= 0.6 is 15.9 Å². The highest BCUT2D eigenvalue weighted by Crippen LogP contribution is 2.33. The van der Waals surface area contributed by atoms with E-state index in [2.05, 4.69) is 25.8 Å². The van der Waals surface area contributed by atoms with E-state index in [-0.39, 0.29) is 28.5 Å². The zero-order chi connectivity index (χ0) is 25.8. The van der Waals surface area contributed by atoms with Gasteiger partial charge in [-0.15, -0.1) is 0 Å². The van der Waals surface area contributed by atoms with Crippen molar-refractivity contribution >= 4 is 44.7 Å². The third-order valence-electron chi connectivity index (χ3n) is 6.17. The van der Waals surface area contributed by atoms with Gasteiger partial charge < -0.3 is 9.47 Å². The van der Waals surface area contributed by atoms with Gasteiger partial charge in [-0.1, -0.05) is 41.3 Å². The molecule has 0 amide bonds. The molecule has 36 heavy (non-hydrogen) atoms. The van der Waals surface area contributed by atoms with Crippen molar-refractivity contribution in [2.45, 2.75) is 51.0 Å². The SMILES string of the molecule is COC(=O)[C@H](C)Oc1c(C=Nn2c(C3CCCCC3)nc3ccc(Br)cc3c2=O)cccc1[N+](=O)[O-]. The molecule has 1 aliphatic carbocycles. The van der Waals surface area contributed by atoms with E-state index in [1.54, 1.807) is 18.2 Å². The number of carbonyl (C=O) groups is 1. The normalized spacial score (nSPS) is 15.2. The Balaban J connectivity index is 1.85. The quantitative estimate of drug-likeness (QED) is 0.174. The highest BCUT2D eigenvalue weighted by atomic mass is 79.9. The van der Waals surface area contributed by atoms with Crippen LogP contribution in [0, 0.1) is 10.1 Å². The van der Waals surface area contributed by atoms with Gasteiger partial charge >= 0.3 is 11.7 Å². The highest BCUT2D eigenvalue weighted by molar-refractivity contribution is 9.10. The van der Waals surface area contributed by atoms with Gasteiger partial charge in [-0.2, -0.15) is 9.78 Å². The molecule has 188 valence electrons. The number of nitro benzene ring substituents is 1. The van der Waals surface area contributed by atoms with E-state index >= 15 is 0 Å². The first-order valence-electron chi connectivity index (χ1n) is 11.6. The minimum absolute atomic E-state index is 0.0665. The van der Waals surface area contributed by atoms with Gasteiger partial charge in [0.1, 0.15) is 5.82 Å². The number of benzene rings is 2. The number of carbonyl (C=O) groups excluding carboxylic acids is 1. The van der Waals surface area contributed by atoms with Crippen LogP contribution in [0.2, 0.25) is 0 Å². The zero-order valence-electron chi connectivity index (χ0n) is 19.8. The van der Waals surface area contributed by atoms with Gasteiger partial charge in [0.25, 0.3) is 5.56 Å². The average molecular weight is 557 g/mol. The van der Waals surface area contributed by atoms with Crippen LogP contribution in [0.3, 0.4) is 0 Å². The predicted molar refractivity (Wildman–Crippen MR) is 138 cm³/mol. The van der Waals surface area contributed by atoms with Crippen molar-refractivity contribution in [2.75, 3.05) is 7.11 Å². The van der Waals surface area contributed by atoms with Crippen molar-refractivity contribution in [3.8, 4) is 5.75 Å². The maximum Gasteiger partial charge on any atom is 0.346 e. The topological polar surface area (TPSA) is 126 Å². The van der Waals surface area contributed by atoms with Crippen LogP contribution in [-0.4, -0.2) is 40.0 Å². The molecule has 0 N–H and O–H groups in total. The lowest BCUT2D eigenvalue weighted by Gasteiger charge is -2.22. The molecule has 11 heteroatoms. The lowest BCUT2D eigenvalue weighted by atomic mass is 9.88. The van der Waals surface area contributed by atoms with Crippen molar-refractivity contribution < 1.29 is 19.2 Å². The van der Waals surface area contributed by atoms with Crippen LogP contribution in [0.15, 0.2) is 50.8 Å². The molecule has 1 aliphatic rings. The summed E-state index contributed by atoms with van der Waals surface area (Å²) >= 11 is 3.40. The Labute approximate surface area is 215 Å². The molecule has 1 heterocycles. The molecule has 1 fully saturated rings. The number of hydrogen-bond acceptors (Lipinski definition) is 8. The minimum atomic E-state index is -1.09. The fourth-order valence-electron chi connectivity index (χ4n) is 4.33. The fraction of sp³-hybridized carbons (Fsp3) is 0.360. The number of hydrogen-bond donors (Lipinski definition) is 0. The number of halogens is 1. The van der Waals surface area contributed by atoms with E-state index in [9.17, 15) is 19.7 Å². The highest BCUT2D eigenvalue weighted by Gasteiger charge is 2.25. The molecule has 1 atom stereocenters. The Morgan fingerprint density at radius 1 is 1.28 bits per heavy atom. The Morgan fingerprint density at radius 2 is 2.03 bits per heavy atom. The number of para-hydroxylation sites is 1. The van der Waals surface area contributed by atoms with Crippen LogP contribution in [-0.2, 0) is 9.53 Å². The summed E-state index contributed by atoms with van der Waals surface area (Å²) in [6.07, 6.45) is 5.23. The second-order valence-corrected chi connectivity index (χ2v) is 9.48. The fourth-order valence-corrected chi connectivity index (χ4v) is 4.69. The molecule has 0 bridgehead atoms. The van der Waals surface area contributed by atoms with Gasteiger partial charge in [0.15, 0.2) is 6.10 Å². The van der Waals surface area contributed by atoms with Crippen molar-refractivity contribution in [1.82, 2.24) is 9.66 Å². The molecular weight excluding hydrogens is 532 g/mol. The number of fused-ring (bicyclic) bond motifs is 1. The average Bonchev–Trinajstić information content (AvgIpc) is 2.88. The summed E-state index contributed by atoms with van der Waals surface area (Å²) < 4.78 is 12.3. The van der Waals surface area contributed by atoms with E-state index in [1.165, 1.54) is 37.1 Å². The number of nitrogens with zero attached hydrogens (tertiary/aromatic N) is 4. The lowest BCUT2D eigenvalue weighted by molar-refractivity contribution is -0.386. The molecule has 0 unspecified atom stereocenters. The van der Waals surface area contributed by atoms with Crippen LogP contribution in [0.1, 0.15) is 56.3 Å². The molecule has 0 radical (unpaired) electrons. The summed E-state index contributed by atoms with van der Waals surface area (Å²) in [7, 11) is 1.20. The molecule has 10 nitrogen and oxygen atoms in total. The summed E-state index contributed by atoms with van der Waals surface area (Å²) in [5.41, 5.74) is 0.140. The Morgan fingerprint density at radius 3 is 2.72 bits per heavy atom. The number of aromatic nitrogens is 2. The van der Waals surface area contributed by atoms with Crippen molar-refractivity contribution in [2.24, 2.45) is 5.10 Å². The maximum atomic E-state index is 13.5. The summed E-state index contributed by atoms with van der Waals surface area (Å²) in [6.45, 7) is 1.43. The van der Waals surface area contributed by atoms with Crippen molar-refractivity contribution in [3.05, 3.63) is 72.7 Å². The van der Waals surface area contributed by atoms with E-state index in [0.717, 1.165) is 36.6 Å². The standard InChI is InChI=1S/C25H25BrN4O6/c1-15(25(32)35-2)36-22-17(9-6-10-21(22)30(33)34)14-27-29-23(16-7-4-3-5-8-16)28-20-12-11-18(26)13-19(20)24(29)31/h6,9-16H,3-5,7-8H2,1-2H3/t15-/m0/s1. The minimum Gasteiger partial charge on any atom is -0.471 e. The van der Waals surface area contributed by atoms with Crippen molar-refractivity contribution in [1.29, 1.82) is 0 Å². The Kier molecular flexibility index (Phi) is 7.78. The summed E-state index contributed by atoms with van der Waals surface area (Å²) in [5, 5.41) is 16.5. The molecule has 3 aromatic rings. The van der Waals surface area contributed by atoms with Gasteiger partial charge in [0.05, 0.1) is 29.2 Å². The number of ether oxygens (including phenoxy) is 2. The third kappa shape index (κ3) is 5.30. The summed E-state index contributed by atoms with van der Waals surface area (Å²) in [5.74, 6) is -0.206. The van der Waals surface area contributed by atoms with E-state index in [0.29, 0.717) is 16.7 Å². The van der Waals surface area contributed by atoms with Gasteiger partial charge in [0, 0.05) is 22.0 Å². The number of methoxy groups -OCH3 is 1. The number of rotatable bonds is 7. The monoisotopic (exact) mass is 556 g/mol. The van der Waals surface area contributed by atoms with Crippen LogP contribution in [0.4, 0.5) is 5.69 Å². The van der Waals surface area contributed by atoms with Crippen LogP contribution in [0.5, 0.6) is 5.75 Å². The largest absolute Gasteiger partial charge is 0.471 e. The summed E-state index contributed by atoms with van der Waals surface area (Å²) in [4.78, 5) is 41.3. The van der Waals surface area contributed by atoms with Crippen LogP contribution in [0.25, 0.3) is 10.9 Å². The second-order valence-electron chi connectivity index (χ2n) is 8.56. The predicted octanol–water partition coefficient (Wildman–Crippen LogP) is 4.94. The lowest BCUT2D eigenvalue weighted by Crippen LogP contribution is -2.26. The van der Waals surface area contributed by atoms with Gasteiger partial charge in [0.2, 0.25) is 5.75 Å². The molecule has 4 rings (SSSR count). The van der Waals surface area contributed by atoms with Gasteiger partial charge in [-0.25, -0.2) is 9.78 Å². The van der Waals surface area contributed by atoms with Crippen molar-refractivity contribution in [3.63, 3.8) is 0 Å². The van der Waals surface area contributed by atoms with E-state index in [1.807, 2.05) is 6.07 Å².